The van der Waals surface area contributed by atoms with Gasteiger partial charge in [-0.2, -0.15) is 5.26 Å². The second-order valence-corrected chi connectivity index (χ2v) is 2.98. The molecule has 0 aliphatic carbocycles. The molecule has 1 aliphatic rings. The molecule has 1 aliphatic heterocycles. The van der Waals surface area contributed by atoms with Gasteiger partial charge in [0.1, 0.15) is 11.9 Å². The molecule has 0 N–H and O–H groups in total. The molecule has 70 valence electrons. The molecule has 14 heavy (non-hydrogen) atoms. The van der Waals surface area contributed by atoms with Crippen LogP contribution in [-0.4, -0.2) is 11.8 Å². The van der Waals surface area contributed by atoms with Crippen molar-refractivity contribution < 1.29 is 9.23 Å². The van der Waals surface area contributed by atoms with Crippen molar-refractivity contribution in [3.05, 3.63) is 35.6 Å². The van der Waals surface area contributed by atoms with E-state index in [-0.39, 0.29) is 5.82 Å². The molecule has 0 bridgehead atoms. The summed E-state index contributed by atoms with van der Waals surface area (Å²) in [6.45, 7) is 0. The Balaban J connectivity index is 2.22. The molecule has 0 spiro atoms. The Morgan fingerprint density at radius 2 is 2.43 bits per heavy atom. The molecule has 0 saturated carbocycles. The van der Waals surface area contributed by atoms with Crippen molar-refractivity contribution in [3.8, 4) is 6.07 Å². The zero-order valence-corrected chi connectivity index (χ0v) is 7.27. The number of benzene rings is 1. The van der Waals surface area contributed by atoms with E-state index in [0.29, 0.717) is 17.7 Å². The van der Waals surface area contributed by atoms with E-state index in [1.807, 2.05) is 6.07 Å². The van der Waals surface area contributed by atoms with E-state index >= 15 is 0 Å². The van der Waals surface area contributed by atoms with E-state index in [1.165, 1.54) is 12.1 Å². The molecule has 1 atom stereocenters. The van der Waals surface area contributed by atoms with Crippen molar-refractivity contribution in [1.82, 2.24) is 0 Å². The zero-order chi connectivity index (χ0) is 9.97. The van der Waals surface area contributed by atoms with Gasteiger partial charge in [-0.15, -0.1) is 0 Å². The number of rotatable bonds is 1. The van der Waals surface area contributed by atoms with Gasteiger partial charge in [-0.1, -0.05) is 17.3 Å². The Morgan fingerprint density at radius 3 is 3.07 bits per heavy atom. The number of nitriles is 1. The summed E-state index contributed by atoms with van der Waals surface area (Å²) in [5.41, 5.74) is 1.29. The maximum atomic E-state index is 12.8. The lowest BCUT2D eigenvalue weighted by atomic mass is 10.1. The Bertz CT molecular complexity index is 422. The minimum Gasteiger partial charge on any atom is -0.376 e. The molecule has 0 aromatic heterocycles. The van der Waals surface area contributed by atoms with Gasteiger partial charge in [0.05, 0.1) is 5.71 Å². The quantitative estimate of drug-likeness (QED) is 0.678. The average Bonchev–Trinajstić information content (AvgIpc) is 2.66. The number of halogens is 1. The molecule has 0 saturated heterocycles. The molecule has 1 unspecified atom stereocenters. The number of hydrogen-bond donors (Lipinski definition) is 0. The highest BCUT2D eigenvalue weighted by Gasteiger charge is 2.21. The third-order valence-electron chi connectivity index (χ3n) is 1.97. The van der Waals surface area contributed by atoms with Gasteiger partial charge in [-0.25, -0.2) is 4.39 Å². The number of hydrogen-bond acceptors (Lipinski definition) is 3. The van der Waals surface area contributed by atoms with E-state index in [4.69, 9.17) is 10.1 Å². The Kier molecular flexibility index (Phi) is 2.15. The van der Waals surface area contributed by atoms with Crippen LogP contribution < -0.4 is 0 Å². The molecule has 1 aromatic carbocycles. The average molecular weight is 190 g/mol. The van der Waals surface area contributed by atoms with Gasteiger partial charge in [0.15, 0.2) is 0 Å². The van der Waals surface area contributed by atoms with Gasteiger partial charge in [0, 0.05) is 12.0 Å². The number of nitrogens with zero attached hydrogens (tertiary/aromatic N) is 2. The second-order valence-electron chi connectivity index (χ2n) is 2.98. The monoisotopic (exact) mass is 190 g/mol. The minimum absolute atomic E-state index is 0.314. The summed E-state index contributed by atoms with van der Waals surface area (Å²) in [4.78, 5) is 4.81. The molecule has 0 amide bonds. The smallest absolute Gasteiger partial charge is 0.218 e. The van der Waals surface area contributed by atoms with Gasteiger partial charge in [0.25, 0.3) is 0 Å². The maximum Gasteiger partial charge on any atom is 0.218 e. The van der Waals surface area contributed by atoms with Gasteiger partial charge in [0.2, 0.25) is 6.10 Å². The molecule has 2 rings (SSSR count). The van der Waals surface area contributed by atoms with Crippen LogP contribution in [0.25, 0.3) is 0 Å². The molecule has 3 nitrogen and oxygen atoms in total. The first kappa shape index (κ1) is 8.70. The van der Waals surface area contributed by atoms with Crippen LogP contribution in [0.15, 0.2) is 29.4 Å². The SMILES string of the molecule is N#CC1CC(c2cccc(F)c2)=NO1. The van der Waals surface area contributed by atoms with E-state index in [1.54, 1.807) is 12.1 Å². The van der Waals surface area contributed by atoms with Crippen molar-refractivity contribution in [3.63, 3.8) is 0 Å². The fourth-order valence-corrected chi connectivity index (χ4v) is 1.29. The molecule has 4 heteroatoms. The first-order valence-corrected chi connectivity index (χ1v) is 4.18. The van der Waals surface area contributed by atoms with E-state index < -0.39 is 6.10 Å². The first-order chi connectivity index (χ1) is 6.79. The fraction of sp³-hybridized carbons (Fsp3) is 0.200. The minimum atomic E-state index is -0.534. The molecule has 1 heterocycles. The van der Waals surface area contributed by atoms with E-state index in [0.717, 1.165) is 0 Å². The van der Waals surface area contributed by atoms with Crippen molar-refractivity contribution in [2.24, 2.45) is 5.16 Å². The van der Waals surface area contributed by atoms with Crippen LogP contribution >= 0.6 is 0 Å². The molecule has 1 aromatic rings. The Hall–Kier alpha value is -1.89. The molecule has 0 radical (unpaired) electrons. The predicted molar refractivity (Wildman–Crippen MR) is 48.0 cm³/mol. The summed E-state index contributed by atoms with van der Waals surface area (Å²) in [5.74, 6) is -0.314. The lowest BCUT2D eigenvalue weighted by Crippen LogP contribution is -2.05. The summed E-state index contributed by atoms with van der Waals surface area (Å²) in [7, 11) is 0. The van der Waals surface area contributed by atoms with Gasteiger partial charge >= 0.3 is 0 Å². The highest BCUT2D eigenvalue weighted by Crippen LogP contribution is 2.16. The first-order valence-electron chi connectivity index (χ1n) is 4.18. The van der Waals surface area contributed by atoms with Crippen LogP contribution in [0.4, 0.5) is 4.39 Å². The lowest BCUT2D eigenvalue weighted by Gasteiger charge is -1.97. The fourth-order valence-electron chi connectivity index (χ4n) is 1.29. The Morgan fingerprint density at radius 1 is 1.57 bits per heavy atom. The molecular formula is C10H7FN2O. The van der Waals surface area contributed by atoms with Crippen molar-refractivity contribution in [2.75, 3.05) is 0 Å². The maximum absolute atomic E-state index is 12.8. The topological polar surface area (TPSA) is 45.4 Å². The van der Waals surface area contributed by atoms with E-state index in [9.17, 15) is 4.39 Å². The van der Waals surface area contributed by atoms with E-state index in [2.05, 4.69) is 5.16 Å². The highest BCUT2D eigenvalue weighted by atomic mass is 19.1. The Labute approximate surface area is 80.4 Å². The van der Waals surface area contributed by atoms with Crippen LogP contribution in [0.3, 0.4) is 0 Å². The molecular weight excluding hydrogens is 183 g/mol. The third-order valence-corrected chi connectivity index (χ3v) is 1.97. The van der Waals surface area contributed by atoms with Gasteiger partial charge in [-0.05, 0) is 12.1 Å². The summed E-state index contributed by atoms with van der Waals surface area (Å²) in [6, 6.07) is 8.03. The van der Waals surface area contributed by atoms with Crippen molar-refractivity contribution >= 4 is 5.71 Å². The van der Waals surface area contributed by atoms with Crippen LogP contribution in [0, 0.1) is 17.1 Å². The third kappa shape index (κ3) is 1.57. The lowest BCUT2D eigenvalue weighted by molar-refractivity contribution is 0.125. The summed E-state index contributed by atoms with van der Waals surface area (Å²) in [6.07, 6.45) is -0.117. The van der Waals surface area contributed by atoms with Crippen LogP contribution in [0.1, 0.15) is 12.0 Å². The summed E-state index contributed by atoms with van der Waals surface area (Å²) < 4.78 is 12.8. The normalized spacial score (nSPS) is 19.7. The van der Waals surface area contributed by atoms with Crippen LogP contribution in [-0.2, 0) is 4.84 Å². The predicted octanol–water partition coefficient (Wildman–Crippen LogP) is 1.84. The van der Waals surface area contributed by atoms with Crippen LogP contribution in [0.5, 0.6) is 0 Å². The number of oxime groups is 1. The highest BCUT2D eigenvalue weighted by molar-refractivity contribution is 6.01. The molecule has 0 fully saturated rings. The standard InChI is InChI=1S/C10H7FN2O/c11-8-3-1-2-7(4-8)10-5-9(6-12)14-13-10/h1-4,9H,5H2. The van der Waals surface area contributed by atoms with Gasteiger partial charge < -0.3 is 4.84 Å². The summed E-state index contributed by atoms with van der Waals surface area (Å²) >= 11 is 0. The van der Waals surface area contributed by atoms with Crippen molar-refractivity contribution in [2.45, 2.75) is 12.5 Å². The van der Waals surface area contributed by atoms with Crippen molar-refractivity contribution in [1.29, 1.82) is 5.26 Å². The summed E-state index contributed by atoms with van der Waals surface area (Å²) in [5, 5.41) is 12.3. The largest absolute Gasteiger partial charge is 0.376 e. The van der Waals surface area contributed by atoms with Crippen LogP contribution in [0.2, 0.25) is 0 Å². The van der Waals surface area contributed by atoms with Gasteiger partial charge in [-0.3, -0.25) is 0 Å². The second kappa shape index (κ2) is 3.46. The zero-order valence-electron chi connectivity index (χ0n) is 7.27.